The molecule has 3 aromatic rings. The Morgan fingerprint density at radius 1 is 1.00 bits per heavy atom. The summed E-state index contributed by atoms with van der Waals surface area (Å²) in [6.07, 6.45) is 0. The summed E-state index contributed by atoms with van der Waals surface area (Å²) in [5, 5.41) is 15.4. The summed E-state index contributed by atoms with van der Waals surface area (Å²) in [5.41, 5.74) is 3.45. The van der Waals surface area contributed by atoms with E-state index in [2.05, 4.69) is 38.8 Å². The quantitative estimate of drug-likeness (QED) is 0.744. The number of benzene rings is 2. The molecular formula is C19H17N5. The van der Waals surface area contributed by atoms with Gasteiger partial charge in [0.2, 0.25) is 5.95 Å². The molecule has 0 aliphatic rings. The average molecular weight is 315 g/mol. The number of aryl methyl sites for hydroxylation is 1. The molecule has 0 amide bonds. The highest BCUT2D eigenvalue weighted by Crippen LogP contribution is 2.18. The van der Waals surface area contributed by atoms with Crippen LogP contribution in [0.4, 0.5) is 17.5 Å². The van der Waals surface area contributed by atoms with Crippen molar-refractivity contribution < 1.29 is 0 Å². The van der Waals surface area contributed by atoms with Gasteiger partial charge < -0.3 is 10.6 Å². The Balaban J connectivity index is 1.75. The summed E-state index contributed by atoms with van der Waals surface area (Å²) in [6.45, 7) is 2.58. The molecular weight excluding hydrogens is 298 g/mol. The van der Waals surface area contributed by atoms with Crippen molar-refractivity contribution in [3.05, 3.63) is 77.5 Å². The molecule has 1 heterocycles. The second kappa shape index (κ2) is 7.25. The monoisotopic (exact) mass is 315 g/mol. The average Bonchev–Trinajstić information content (AvgIpc) is 2.60. The van der Waals surface area contributed by atoms with Gasteiger partial charge in [-0.15, -0.1) is 0 Å². The fraction of sp³-hybridized carbons (Fsp3) is 0.105. The second-order valence-corrected chi connectivity index (χ2v) is 5.37. The van der Waals surface area contributed by atoms with Gasteiger partial charge >= 0.3 is 0 Å². The molecule has 2 aromatic carbocycles. The molecule has 24 heavy (non-hydrogen) atoms. The number of hydrogen-bond acceptors (Lipinski definition) is 5. The molecule has 0 atom stereocenters. The molecule has 2 N–H and O–H groups in total. The van der Waals surface area contributed by atoms with E-state index in [0.29, 0.717) is 23.9 Å². The normalized spacial score (nSPS) is 10.0. The van der Waals surface area contributed by atoms with Crippen molar-refractivity contribution in [1.29, 1.82) is 5.26 Å². The van der Waals surface area contributed by atoms with Crippen LogP contribution in [-0.4, -0.2) is 9.97 Å². The number of aromatic nitrogens is 2. The topological polar surface area (TPSA) is 73.6 Å². The maximum Gasteiger partial charge on any atom is 0.225 e. The van der Waals surface area contributed by atoms with Gasteiger partial charge in [0.1, 0.15) is 5.82 Å². The summed E-state index contributed by atoms with van der Waals surface area (Å²) in [7, 11) is 0. The molecule has 1 aromatic heterocycles. The number of hydrogen-bond donors (Lipinski definition) is 2. The minimum atomic E-state index is 0.567. The molecule has 0 bridgehead atoms. The van der Waals surface area contributed by atoms with Crippen LogP contribution in [0.3, 0.4) is 0 Å². The first-order chi connectivity index (χ1) is 11.7. The van der Waals surface area contributed by atoms with E-state index in [1.54, 1.807) is 12.1 Å². The van der Waals surface area contributed by atoms with Crippen LogP contribution in [0.2, 0.25) is 0 Å². The Labute approximate surface area is 141 Å². The second-order valence-electron chi connectivity index (χ2n) is 5.37. The minimum absolute atomic E-state index is 0.567. The van der Waals surface area contributed by atoms with Gasteiger partial charge in [-0.05, 0) is 30.7 Å². The van der Waals surface area contributed by atoms with Crippen molar-refractivity contribution in [2.24, 2.45) is 0 Å². The fourth-order valence-electron chi connectivity index (χ4n) is 2.30. The van der Waals surface area contributed by atoms with Gasteiger partial charge in [0, 0.05) is 24.0 Å². The van der Waals surface area contributed by atoms with Crippen molar-refractivity contribution in [2.45, 2.75) is 13.5 Å². The van der Waals surface area contributed by atoms with Crippen LogP contribution in [-0.2, 0) is 6.54 Å². The molecule has 3 rings (SSSR count). The molecule has 118 valence electrons. The van der Waals surface area contributed by atoms with E-state index >= 15 is 0 Å². The Morgan fingerprint density at radius 3 is 2.62 bits per heavy atom. The van der Waals surface area contributed by atoms with E-state index in [1.807, 2.05) is 43.3 Å². The highest BCUT2D eigenvalue weighted by atomic mass is 15.1. The van der Waals surface area contributed by atoms with Crippen molar-refractivity contribution >= 4 is 17.5 Å². The predicted molar refractivity (Wildman–Crippen MR) is 95.0 cm³/mol. The number of nitriles is 1. The highest BCUT2D eigenvalue weighted by molar-refractivity contribution is 5.59. The van der Waals surface area contributed by atoms with Crippen molar-refractivity contribution in [3.63, 3.8) is 0 Å². The number of rotatable bonds is 5. The Kier molecular flexibility index (Phi) is 4.68. The van der Waals surface area contributed by atoms with Gasteiger partial charge in [0.05, 0.1) is 11.6 Å². The molecule has 5 nitrogen and oxygen atoms in total. The zero-order valence-corrected chi connectivity index (χ0v) is 13.3. The Bertz CT molecular complexity index is 868. The summed E-state index contributed by atoms with van der Waals surface area (Å²) in [4.78, 5) is 8.89. The van der Waals surface area contributed by atoms with Crippen LogP contribution in [0.25, 0.3) is 0 Å². The lowest BCUT2D eigenvalue weighted by molar-refractivity contribution is 1.03. The smallest absolute Gasteiger partial charge is 0.225 e. The number of nitrogens with one attached hydrogen (secondary N) is 2. The Hall–Kier alpha value is -3.39. The number of anilines is 3. The van der Waals surface area contributed by atoms with Crippen molar-refractivity contribution in [2.75, 3.05) is 10.6 Å². The van der Waals surface area contributed by atoms with E-state index in [1.165, 1.54) is 5.56 Å². The maximum atomic E-state index is 8.98. The van der Waals surface area contributed by atoms with Gasteiger partial charge in [-0.1, -0.05) is 36.4 Å². The molecule has 5 heteroatoms. The minimum Gasteiger partial charge on any atom is -0.350 e. The zero-order valence-electron chi connectivity index (χ0n) is 13.3. The zero-order chi connectivity index (χ0) is 16.8. The third kappa shape index (κ3) is 4.08. The molecule has 0 saturated carbocycles. The first-order valence-electron chi connectivity index (χ1n) is 7.63. The summed E-state index contributed by atoms with van der Waals surface area (Å²) in [5.74, 6) is 1.26. The first-order valence-corrected chi connectivity index (χ1v) is 7.63. The molecule has 0 radical (unpaired) electrons. The van der Waals surface area contributed by atoms with E-state index in [0.717, 1.165) is 11.4 Å². The maximum absolute atomic E-state index is 8.98. The highest BCUT2D eigenvalue weighted by Gasteiger charge is 2.04. The van der Waals surface area contributed by atoms with E-state index in [9.17, 15) is 0 Å². The fourth-order valence-corrected chi connectivity index (χ4v) is 2.30. The van der Waals surface area contributed by atoms with Crippen LogP contribution in [0.5, 0.6) is 0 Å². The molecule has 0 aliphatic heterocycles. The van der Waals surface area contributed by atoms with Gasteiger partial charge in [-0.3, -0.25) is 0 Å². The van der Waals surface area contributed by atoms with Gasteiger partial charge in [0.25, 0.3) is 0 Å². The van der Waals surface area contributed by atoms with Gasteiger partial charge in [-0.25, -0.2) is 4.98 Å². The van der Waals surface area contributed by atoms with E-state index < -0.39 is 0 Å². The predicted octanol–water partition coefficient (Wildman–Crippen LogP) is 4.01. The third-order valence-corrected chi connectivity index (χ3v) is 3.41. The van der Waals surface area contributed by atoms with Gasteiger partial charge in [0.15, 0.2) is 0 Å². The van der Waals surface area contributed by atoms with Gasteiger partial charge in [-0.2, -0.15) is 10.2 Å². The van der Waals surface area contributed by atoms with E-state index in [-0.39, 0.29) is 0 Å². The lowest BCUT2D eigenvalue weighted by atomic mass is 10.2. The molecule has 0 spiro atoms. The third-order valence-electron chi connectivity index (χ3n) is 3.41. The standard InChI is InChI=1S/C19H17N5/c1-14-10-18(23-17-9-5-8-16(11-17)12-20)24-19(22-14)21-13-15-6-3-2-4-7-15/h2-11H,13H2,1H3,(H2,21,22,23,24). The van der Waals surface area contributed by atoms with E-state index in [4.69, 9.17) is 5.26 Å². The van der Waals surface area contributed by atoms with Crippen molar-refractivity contribution in [3.8, 4) is 6.07 Å². The summed E-state index contributed by atoms with van der Waals surface area (Å²) < 4.78 is 0. The van der Waals surface area contributed by atoms with Crippen LogP contribution in [0.15, 0.2) is 60.7 Å². The largest absolute Gasteiger partial charge is 0.350 e. The SMILES string of the molecule is Cc1cc(Nc2cccc(C#N)c2)nc(NCc2ccccc2)n1. The summed E-state index contributed by atoms with van der Waals surface area (Å²) in [6, 6.07) is 21.4. The Morgan fingerprint density at radius 2 is 1.83 bits per heavy atom. The van der Waals surface area contributed by atoms with Crippen LogP contribution in [0, 0.1) is 18.3 Å². The van der Waals surface area contributed by atoms with Crippen LogP contribution in [0.1, 0.15) is 16.8 Å². The lowest BCUT2D eigenvalue weighted by Crippen LogP contribution is -2.06. The van der Waals surface area contributed by atoms with Crippen molar-refractivity contribution in [1.82, 2.24) is 9.97 Å². The lowest BCUT2D eigenvalue weighted by Gasteiger charge is -2.10. The molecule has 0 unspecified atom stereocenters. The molecule has 0 fully saturated rings. The summed E-state index contributed by atoms with van der Waals surface area (Å²) >= 11 is 0. The molecule has 0 saturated heterocycles. The van der Waals surface area contributed by atoms with Crippen LogP contribution >= 0.6 is 0 Å². The number of nitrogens with zero attached hydrogens (tertiary/aromatic N) is 3. The molecule has 0 aliphatic carbocycles. The first kappa shape index (κ1) is 15.5. The van der Waals surface area contributed by atoms with Crippen LogP contribution < -0.4 is 10.6 Å².